The van der Waals surface area contributed by atoms with Crippen molar-refractivity contribution in [3.63, 3.8) is 0 Å². The molecule has 0 aliphatic heterocycles. The third-order valence-electron chi connectivity index (χ3n) is 5.40. The number of hydrogen-bond donors (Lipinski definition) is 1. The molecule has 0 radical (unpaired) electrons. The smallest absolute Gasteiger partial charge is 0.294 e. The Labute approximate surface area is 196 Å². The SMILES string of the molecule is Cc1cccc(C(C)C)c1NS(=O)(=O)c1ccc2c(c1)sc(=O)n2Cc1ccccc1Cl. The summed E-state index contributed by atoms with van der Waals surface area (Å²) in [6.07, 6.45) is 0. The molecule has 1 heterocycles. The predicted octanol–water partition coefficient (Wildman–Crippen LogP) is 6.00. The lowest BCUT2D eigenvalue weighted by atomic mass is 9.99. The van der Waals surface area contributed by atoms with E-state index < -0.39 is 10.0 Å². The van der Waals surface area contributed by atoms with E-state index in [0.717, 1.165) is 28.0 Å². The van der Waals surface area contributed by atoms with Crippen LogP contribution in [0, 0.1) is 6.92 Å². The Kier molecular flexibility index (Phi) is 6.16. The summed E-state index contributed by atoms with van der Waals surface area (Å²) in [4.78, 5) is 12.6. The molecule has 4 rings (SSSR count). The second kappa shape index (κ2) is 8.73. The van der Waals surface area contributed by atoms with Crippen LogP contribution < -0.4 is 9.60 Å². The molecule has 8 heteroatoms. The maximum absolute atomic E-state index is 13.2. The van der Waals surface area contributed by atoms with Crippen LogP contribution in [-0.4, -0.2) is 13.0 Å². The molecule has 0 spiro atoms. The summed E-state index contributed by atoms with van der Waals surface area (Å²) >= 11 is 7.28. The number of aryl methyl sites for hydroxylation is 1. The standard InChI is InChI=1S/C24H23ClN2O3S2/c1-15(2)19-9-6-7-16(3)23(19)26-32(29,30)18-11-12-21-22(13-18)31-24(28)27(21)14-17-8-4-5-10-20(17)25/h4-13,15,26H,14H2,1-3H3. The summed E-state index contributed by atoms with van der Waals surface area (Å²) < 4.78 is 31.4. The van der Waals surface area contributed by atoms with Crippen LogP contribution in [0.2, 0.25) is 5.02 Å². The number of nitrogens with one attached hydrogen (secondary N) is 1. The molecule has 1 N–H and O–H groups in total. The highest BCUT2D eigenvalue weighted by atomic mass is 35.5. The van der Waals surface area contributed by atoms with E-state index in [4.69, 9.17) is 11.6 Å². The third-order valence-corrected chi connectivity index (χ3v) is 8.06. The molecule has 0 unspecified atom stereocenters. The van der Waals surface area contributed by atoms with Crippen LogP contribution in [0.1, 0.15) is 36.5 Å². The molecule has 0 saturated heterocycles. The largest absolute Gasteiger partial charge is 0.308 e. The van der Waals surface area contributed by atoms with Crippen molar-refractivity contribution in [1.82, 2.24) is 4.57 Å². The molecule has 4 aromatic rings. The molecule has 1 aromatic heterocycles. The van der Waals surface area contributed by atoms with Crippen LogP contribution >= 0.6 is 22.9 Å². The molecule has 0 aliphatic rings. The summed E-state index contributed by atoms with van der Waals surface area (Å²) in [5.74, 6) is 0.166. The number of thiazole rings is 1. The number of sulfonamides is 1. The van der Waals surface area contributed by atoms with Crippen molar-refractivity contribution < 1.29 is 8.42 Å². The van der Waals surface area contributed by atoms with Crippen molar-refractivity contribution in [2.24, 2.45) is 0 Å². The summed E-state index contributed by atoms with van der Waals surface area (Å²) in [5.41, 5.74) is 3.90. The highest BCUT2D eigenvalue weighted by molar-refractivity contribution is 7.92. The number of hydrogen-bond acceptors (Lipinski definition) is 4. The first kappa shape index (κ1) is 22.6. The first-order chi connectivity index (χ1) is 15.2. The van der Waals surface area contributed by atoms with Crippen LogP contribution in [0.3, 0.4) is 0 Å². The molecule has 0 amide bonds. The molecule has 0 bridgehead atoms. The highest BCUT2D eigenvalue weighted by Crippen LogP contribution is 2.31. The fourth-order valence-electron chi connectivity index (χ4n) is 3.66. The van der Waals surface area contributed by atoms with Crippen LogP contribution in [-0.2, 0) is 16.6 Å². The Bertz CT molecular complexity index is 1470. The van der Waals surface area contributed by atoms with Crippen molar-refractivity contribution in [2.75, 3.05) is 4.72 Å². The number of nitrogens with zero attached hydrogens (tertiary/aromatic N) is 1. The van der Waals surface area contributed by atoms with E-state index in [1.165, 1.54) is 6.07 Å². The van der Waals surface area contributed by atoms with Gasteiger partial charge in [0.2, 0.25) is 0 Å². The third kappa shape index (κ3) is 4.33. The van der Waals surface area contributed by atoms with Crippen LogP contribution in [0.25, 0.3) is 10.2 Å². The van der Waals surface area contributed by atoms with Gasteiger partial charge in [-0.2, -0.15) is 0 Å². The van der Waals surface area contributed by atoms with Crippen molar-refractivity contribution in [2.45, 2.75) is 38.1 Å². The monoisotopic (exact) mass is 486 g/mol. The maximum Gasteiger partial charge on any atom is 0.308 e. The van der Waals surface area contributed by atoms with Gasteiger partial charge in [-0.3, -0.25) is 14.1 Å². The molecule has 32 heavy (non-hydrogen) atoms. The molecule has 0 saturated carbocycles. The zero-order chi connectivity index (χ0) is 23.0. The number of aromatic nitrogens is 1. The molecule has 0 aliphatic carbocycles. The van der Waals surface area contributed by atoms with Gasteiger partial charge in [-0.15, -0.1) is 0 Å². The lowest BCUT2D eigenvalue weighted by Crippen LogP contribution is -2.16. The number of rotatable bonds is 6. The topological polar surface area (TPSA) is 68.2 Å². The van der Waals surface area contributed by atoms with Crippen molar-refractivity contribution >= 4 is 48.9 Å². The van der Waals surface area contributed by atoms with Crippen molar-refractivity contribution in [3.8, 4) is 0 Å². The molecular formula is C24H23ClN2O3S2. The van der Waals surface area contributed by atoms with E-state index in [9.17, 15) is 13.2 Å². The molecule has 3 aromatic carbocycles. The quantitative estimate of drug-likeness (QED) is 0.363. The zero-order valence-corrected chi connectivity index (χ0v) is 20.3. The van der Waals surface area contributed by atoms with Crippen molar-refractivity contribution in [1.29, 1.82) is 0 Å². The Morgan fingerprint density at radius 3 is 2.53 bits per heavy atom. The van der Waals surface area contributed by atoms with E-state index in [2.05, 4.69) is 4.72 Å². The normalized spacial score (nSPS) is 11.9. The van der Waals surface area contributed by atoms with Crippen LogP contribution in [0.5, 0.6) is 0 Å². The van der Waals surface area contributed by atoms with Crippen LogP contribution in [0.4, 0.5) is 5.69 Å². The van der Waals surface area contributed by atoms with Gasteiger partial charge in [-0.05, 0) is 53.8 Å². The Morgan fingerprint density at radius 1 is 1.06 bits per heavy atom. The van der Waals surface area contributed by atoms with Crippen molar-refractivity contribution in [3.05, 3.63) is 92.0 Å². The fraction of sp³-hybridized carbons (Fsp3) is 0.208. The number of benzene rings is 3. The van der Waals surface area contributed by atoms with Crippen LogP contribution in [0.15, 0.2) is 70.4 Å². The molecule has 0 atom stereocenters. The molecule has 0 fully saturated rings. The summed E-state index contributed by atoms with van der Waals surface area (Å²) in [7, 11) is -3.83. The van der Waals surface area contributed by atoms with E-state index >= 15 is 0 Å². The first-order valence-corrected chi connectivity index (χ1v) is 12.8. The van der Waals surface area contributed by atoms with Gasteiger partial charge >= 0.3 is 4.87 Å². The summed E-state index contributed by atoms with van der Waals surface area (Å²) in [5, 5.41) is 0.585. The van der Waals surface area contributed by atoms with Gasteiger partial charge < -0.3 is 0 Å². The number of halogens is 1. The number of para-hydroxylation sites is 1. The zero-order valence-electron chi connectivity index (χ0n) is 17.9. The Balaban J connectivity index is 1.72. The lowest BCUT2D eigenvalue weighted by molar-refractivity contribution is 0.601. The maximum atomic E-state index is 13.2. The fourth-order valence-corrected chi connectivity index (χ4v) is 6.05. The van der Waals surface area contributed by atoms with Gasteiger partial charge in [0.15, 0.2) is 0 Å². The molecule has 5 nitrogen and oxygen atoms in total. The number of anilines is 1. The average Bonchev–Trinajstić information content (AvgIpc) is 3.05. The predicted molar refractivity (Wildman–Crippen MR) is 133 cm³/mol. The second-order valence-corrected chi connectivity index (χ2v) is 11.1. The minimum Gasteiger partial charge on any atom is -0.294 e. The van der Waals surface area contributed by atoms with E-state index in [1.807, 2.05) is 57.2 Å². The van der Waals surface area contributed by atoms with Gasteiger partial charge in [0.1, 0.15) is 0 Å². The van der Waals surface area contributed by atoms with Gasteiger partial charge in [0.25, 0.3) is 10.0 Å². The van der Waals surface area contributed by atoms with Gasteiger partial charge in [-0.25, -0.2) is 8.42 Å². The second-order valence-electron chi connectivity index (χ2n) is 7.97. The lowest BCUT2D eigenvalue weighted by Gasteiger charge is -2.17. The Hall–Kier alpha value is -2.61. The van der Waals surface area contributed by atoms with Gasteiger partial charge in [-0.1, -0.05) is 73.2 Å². The number of fused-ring (bicyclic) bond motifs is 1. The average molecular weight is 487 g/mol. The minimum absolute atomic E-state index is 0.120. The van der Waals surface area contributed by atoms with E-state index in [-0.39, 0.29) is 15.7 Å². The van der Waals surface area contributed by atoms with Gasteiger partial charge in [0, 0.05) is 5.02 Å². The summed E-state index contributed by atoms with van der Waals surface area (Å²) in [6, 6.07) is 17.9. The first-order valence-electron chi connectivity index (χ1n) is 10.2. The van der Waals surface area contributed by atoms with Gasteiger partial charge in [0.05, 0.1) is 27.3 Å². The minimum atomic E-state index is -3.83. The molecule has 166 valence electrons. The highest BCUT2D eigenvalue weighted by Gasteiger charge is 2.20. The summed E-state index contributed by atoms with van der Waals surface area (Å²) in [6.45, 7) is 6.26. The van der Waals surface area contributed by atoms with E-state index in [1.54, 1.807) is 22.8 Å². The van der Waals surface area contributed by atoms with E-state index in [0.29, 0.717) is 27.5 Å². The Morgan fingerprint density at radius 2 is 1.81 bits per heavy atom. The molecular weight excluding hydrogens is 464 g/mol.